The molecule has 2 heterocycles. The molecule has 2 aromatic carbocycles. The summed E-state index contributed by atoms with van der Waals surface area (Å²) in [5.41, 5.74) is 5.46. The first-order chi connectivity index (χ1) is 17.0. The summed E-state index contributed by atoms with van der Waals surface area (Å²) in [7, 11) is 1.67. The Bertz CT molecular complexity index is 1220. The fourth-order valence-corrected chi connectivity index (χ4v) is 5.35. The second-order valence-electron chi connectivity index (χ2n) is 8.95. The molecule has 1 saturated heterocycles. The van der Waals surface area contributed by atoms with Gasteiger partial charge in [0.15, 0.2) is 0 Å². The number of nitrogens with zero attached hydrogens (tertiary/aromatic N) is 4. The third kappa shape index (κ3) is 5.80. The first kappa shape index (κ1) is 24.7. The molecule has 1 aliphatic heterocycles. The number of urea groups is 1. The number of ether oxygens (including phenoxy) is 1. The van der Waals surface area contributed by atoms with Crippen LogP contribution in [0.15, 0.2) is 36.4 Å². The number of likely N-dealkylation sites (tertiary alicyclic amines) is 1. The van der Waals surface area contributed by atoms with Gasteiger partial charge in [0, 0.05) is 31.3 Å². The summed E-state index contributed by atoms with van der Waals surface area (Å²) >= 11 is 1.57. The number of hydrogen-bond acceptors (Lipinski definition) is 6. The van der Waals surface area contributed by atoms with Gasteiger partial charge in [-0.3, -0.25) is 0 Å². The Morgan fingerprint density at radius 1 is 1.11 bits per heavy atom. The van der Waals surface area contributed by atoms with E-state index in [1.54, 1.807) is 18.4 Å². The molecular formula is C27H31N5O2S. The van der Waals surface area contributed by atoms with Gasteiger partial charge in [-0.2, -0.15) is 5.26 Å². The largest absolute Gasteiger partial charge is 0.490 e. The Morgan fingerprint density at radius 3 is 2.60 bits per heavy atom. The van der Waals surface area contributed by atoms with E-state index in [0.717, 1.165) is 54.4 Å². The molecule has 0 unspecified atom stereocenters. The van der Waals surface area contributed by atoms with Crippen molar-refractivity contribution < 1.29 is 9.53 Å². The van der Waals surface area contributed by atoms with Crippen LogP contribution < -0.4 is 10.1 Å². The highest BCUT2D eigenvalue weighted by Gasteiger charge is 2.19. The van der Waals surface area contributed by atoms with E-state index in [1.165, 1.54) is 23.1 Å². The van der Waals surface area contributed by atoms with Gasteiger partial charge in [0.1, 0.15) is 21.8 Å². The number of hydrogen-bond donors (Lipinski definition) is 1. The molecule has 1 aromatic heterocycles. The highest BCUT2D eigenvalue weighted by molar-refractivity contribution is 7.17. The van der Waals surface area contributed by atoms with Crippen molar-refractivity contribution in [2.75, 3.05) is 20.1 Å². The molecule has 1 aliphatic carbocycles. The molecule has 1 fully saturated rings. The van der Waals surface area contributed by atoms with Crippen LogP contribution in [0.2, 0.25) is 0 Å². The first-order valence-electron chi connectivity index (χ1n) is 12.1. The zero-order valence-electron chi connectivity index (χ0n) is 20.5. The number of nitriles is 1. The zero-order chi connectivity index (χ0) is 24.8. The third-order valence-corrected chi connectivity index (χ3v) is 7.12. The predicted octanol–water partition coefficient (Wildman–Crippen LogP) is 5.44. The summed E-state index contributed by atoms with van der Waals surface area (Å²) in [6, 6.07) is 14.3. The van der Waals surface area contributed by atoms with Crippen molar-refractivity contribution in [1.82, 2.24) is 20.4 Å². The molecule has 182 valence electrons. The van der Waals surface area contributed by atoms with Crippen molar-refractivity contribution in [3.63, 3.8) is 0 Å². The summed E-state index contributed by atoms with van der Waals surface area (Å²) < 4.78 is 5.70. The highest BCUT2D eigenvalue weighted by Crippen LogP contribution is 2.37. The number of carbonyl (C=O) groups excluding carboxylic acids is 1. The van der Waals surface area contributed by atoms with Gasteiger partial charge in [-0.1, -0.05) is 29.5 Å². The Kier molecular flexibility index (Phi) is 7.98. The second kappa shape index (κ2) is 11.3. The number of carbonyl (C=O) groups is 1. The standard InChI is InChI=1S/C21H19N3OS.C6H12N2O/c1-13(2)25-19-10-9-15(11-16(19)12-22)20-23-24-21(26-20)18-8-4-6-14-5-3-7-17(14)18;1-7-6(9)8-4-2-3-5-8/h4,6,8-11,13H,3,5,7H2,1-2H3;2-5H2,1H3,(H,7,9). The predicted molar refractivity (Wildman–Crippen MR) is 139 cm³/mol. The Hall–Kier alpha value is -3.44. The van der Waals surface area contributed by atoms with Crippen molar-refractivity contribution in [2.45, 2.75) is 52.1 Å². The van der Waals surface area contributed by atoms with Crippen LogP contribution in [0.1, 0.15) is 49.8 Å². The first-order valence-corrected chi connectivity index (χ1v) is 12.9. The minimum Gasteiger partial charge on any atom is -0.490 e. The second-order valence-corrected chi connectivity index (χ2v) is 9.93. The van der Waals surface area contributed by atoms with Gasteiger partial charge >= 0.3 is 6.03 Å². The molecule has 2 aliphatic rings. The molecule has 0 saturated carbocycles. The van der Waals surface area contributed by atoms with Gasteiger partial charge in [0.25, 0.3) is 0 Å². The zero-order valence-corrected chi connectivity index (χ0v) is 21.3. The normalized spacial score (nSPS) is 14.2. The van der Waals surface area contributed by atoms with E-state index in [2.05, 4.69) is 39.8 Å². The SMILES string of the molecule is CC(C)Oc1ccc(-c2nnc(-c3cccc4c3CCC4)s2)cc1C#N.CNC(=O)N1CCCC1. The lowest BCUT2D eigenvalue weighted by atomic mass is 10.0. The maximum atomic E-state index is 10.8. The molecular weight excluding hydrogens is 458 g/mol. The number of fused-ring (bicyclic) bond motifs is 1. The lowest BCUT2D eigenvalue weighted by Gasteiger charge is -2.13. The van der Waals surface area contributed by atoms with Crippen LogP contribution in [0.25, 0.3) is 21.1 Å². The van der Waals surface area contributed by atoms with Crippen LogP contribution in [0.3, 0.4) is 0 Å². The molecule has 2 amide bonds. The van der Waals surface area contributed by atoms with E-state index in [0.29, 0.717) is 11.3 Å². The number of amides is 2. The van der Waals surface area contributed by atoms with Crippen molar-refractivity contribution in [3.05, 3.63) is 53.1 Å². The van der Waals surface area contributed by atoms with Crippen LogP contribution in [0, 0.1) is 11.3 Å². The van der Waals surface area contributed by atoms with E-state index in [9.17, 15) is 10.1 Å². The smallest absolute Gasteiger partial charge is 0.317 e. The van der Waals surface area contributed by atoms with Crippen LogP contribution >= 0.6 is 11.3 Å². The summed E-state index contributed by atoms with van der Waals surface area (Å²) in [4.78, 5) is 12.7. The fourth-order valence-electron chi connectivity index (χ4n) is 4.45. The Morgan fingerprint density at radius 2 is 1.89 bits per heavy atom. The maximum Gasteiger partial charge on any atom is 0.317 e. The lowest BCUT2D eigenvalue weighted by Crippen LogP contribution is -2.35. The summed E-state index contributed by atoms with van der Waals surface area (Å²) in [5.74, 6) is 0.608. The molecule has 0 bridgehead atoms. The van der Waals surface area contributed by atoms with Gasteiger partial charge in [-0.25, -0.2) is 4.79 Å². The third-order valence-electron chi connectivity index (χ3n) is 6.12. The van der Waals surface area contributed by atoms with Crippen molar-refractivity contribution in [1.29, 1.82) is 5.26 Å². The van der Waals surface area contributed by atoms with Crippen molar-refractivity contribution in [3.8, 4) is 33.0 Å². The van der Waals surface area contributed by atoms with Crippen LogP contribution in [-0.4, -0.2) is 47.4 Å². The van der Waals surface area contributed by atoms with E-state index in [1.807, 2.05) is 36.9 Å². The lowest BCUT2D eigenvalue weighted by molar-refractivity contribution is 0.211. The van der Waals surface area contributed by atoms with Gasteiger partial charge in [-0.15, -0.1) is 10.2 Å². The Balaban J connectivity index is 0.000000271. The molecule has 5 rings (SSSR count). The van der Waals surface area contributed by atoms with Crippen molar-refractivity contribution in [2.24, 2.45) is 0 Å². The number of aromatic nitrogens is 2. The molecule has 0 radical (unpaired) electrons. The number of rotatable bonds is 4. The number of aryl methyl sites for hydroxylation is 1. The van der Waals surface area contributed by atoms with Crippen LogP contribution in [0.5, 0.6) is 5.75 Å². The van der Waals surface area contributed by atoms with Crippen molar-refractivity contribution >= 4 is 17.4 Å². The van der Waals surface area contributed by atoms with Crippen LogP contribution in [-0.2, 0) is 12.8 Å². The molecule has 0 atom stereocenters. The summed E-state index contributed by atoms with van der Waals surface area (Å²) in [6.07, 6.45) is 5.82. The fraction of sp³-hybridized carbons (Fsp3) is 0.407. The quantitative estimate of drug-likeness (QED) is 0.527. The van der Waals surface area contributed by atoms with Gasteiger partial charge in [0.05, 0.1) is 11.7 Å². The summed E-state index contributed by atoms with van der Waals surface area (Å²) in [5, 5.41) is 22.6. The van der Waals surface area contributed by atoms with Gasteiger partial charge in [0.2, 0.25) is 0 Å². The minimum atomic E-state index is 0.0289. The number of benzene rings is 2. The Labute approximate surface area is 210 Å². The van der Waals surface area contributed by atoms with E-state index in [4.69, 9.17) is 4.74 Å². The molecule has 35 heavy (non-hydrogen) atoms. The van der Waals surface area contributed by atoms with E-state index < -0.39 is 0 Å². The van der Waals surface area contributed by atoms with E-state index >= 15 is 0 Å². The number of nitrogens with one attached hydrogen (secondary N) is 1. The van der Waals surface area contributed by atoms with Gasteiger partial charge in [-0.05, 0) is 75.3 Å². The monoisotopic (exact) mass is 489 g/mol. The highest BCUT2D eigenvalue weighted by atomic mass is 32.1. The minimum absolute atomic E-state index is 0.0289. The molecule has 3 aromatic rings. The van der Waals surface area contributed by atoms with E-state index in [-0.39, 0.29) is 12.1 Å². The molecule has 8 heteroatoms. The molecule has 1 N–H and O–H groups in total. The summed E-state index contributed by atoms with van der Waals surface area (Å²) in [6.45, 7) is 5.76. The average Bonchev–Trinajstić information content (AvgIpc) is 3.65. The average molecular weight is 490 g/mol. The topological polar surface area (TPSA) is 91.1 Å². The molecule has 0 spiro atoms. The molecule has 7 nitrogen and oxygen atoms in total. The maximum absolute atomic E-state index is 10.8. The van der Waals surface area contributed by atoms with Gasteiger partial charge < -0.3 is 15.0 Å². The van der Waals surface area contributed by atoms with Crippen LogP contribution in [0.4, 0.5) is 4.79 Å².